The third kappa shape index (κ3) is 6.22. The van der Waals surface area contributed by atoms with E-state index < -0.39 is 9.84 Å². The van der Waals surface area contributed by atoms with Crippen LogP contribution in [0.2, 0.25) is 5.02 Å². The van der Waals surface area contributed by atoms with Gasteiger partial charge in [-0.1, -0.05) is 36.7 Å². The predicted octanol–water partition coefficient (Wildman–Crippen LogP) is 2.27. The fraction of sp³-hybridized carbons (Fsp3) is 0.571. The van der Waals surface area contributed by atoms with Crippen molar-refractivity contribution < 1.29 is 13.2 Å². The highest BCUT2D eigenvalue weighted by Gasteiger charge is 2.20. The number of hydrogen-bond donors (Lipinski definition) is 1. The number of halogens is 1. The summed E-state index contributed by atoms with van der Waals surface area (Å²) in [6.07, 6.45) is 0.949. The highest BCUT2D eigenvalue weighted by molar-refractivity contribution is 7.90. The topological polar surface area (TPSA) is 55.4 Å². The number of methoxy groups -OCH3 is 1. The summed E-state index contributed by atoms with van der Waals surface area (Å²) in [5, 5.41) is 3.68. The number of hydrogen-bond acceptors (Lipinski definition) is 4. The number of benzene rings is 1. The van der Waals surface area contributed by atoms with Gasteiger partial charge in [-0.2, -0.15) is 0 Å². The molecule has 0 radical (unpaired) electrons. The molecule has 1 unspecified atom stereocenters. The van der Waals surface area contributed by atoms with Crippen molar-refractivity contribution in [3.05, 3.63) is 34.9 Å². The van der Waals surface area contributed by atoms with Crippen molar-refractivity contribution in [1.29, 1.82) is 0 Å². The summed E-state index contributed by atoms with van der Waals surface area (Å²) in [5.74, 6) is 0.00670. The van der Waals surface area contributed by atoms with Crippen LogP contribution in [0.1, 0.15) is 18.9 Å². The van der Waals surface area contributed by atoms with Crippen LogP contribution in [0.25, 0.3) is 0 Å². The first-order valence-electron chi connectivity index (χ1n) is 6.64. The van der Waals surface area contributed by atoms with Gasteiger partial charge < -0.3 is 10.1 Å². The highest BCUT2D eigenvalue weighted by atomic mass is 35.5. The van der Waals surface area contributed by atoms with E-state index >= 15 is 0 Å². The van der Waals surface area contributed by atoms with E-state index in [1.54, 1.807) is 31.4 Å². The molecule has 0 heterocycles. The number of sulfone groups is 1. The molecular weight excluding hydrogens is 298 g/mol. The van der Waals surface area contributed by atoms with Crippen molar-refractivity contribution in [3.8, 4) is 0 Å². The van der Waals surface area contributed by atoms with E-state index in [2.05, 4.69) is 5.32 Å². The molecule has 114 valence electrons. The lowest BCUT2D eigenvalue weighted by Crippen LogP contribution is -2.40. The third-order valence-corrected chi connectivity index (χ3v) is 4.87. The fourth-order valence-electron chi connectivity index (χ4n) is 1.93. The monoisotopic (exact) mass is 319 g/mol. The first-order valence-corrected chi connectivity index (χ1v) is 8.84. The molecule has 0 aliphatic carbocycles. The second kappa shape index (κ2) is 8.62. The average Bonchev–Trinajstić information content (AvgIpc) is 2.38. The van der Waals surface area contributed by atoms with E-state index in [0.29, 0.717) is 17.2 Å². The van der Waals surface area contributed by atoms with Gasteiger partial charge >= 0.3 is 0 Å². The summed E-state index contributed by atoms with van der Waals surface area (Å²) < 4.78 is 29.6. The van der Waals surface area contributed by atoms with Gasteiger partial charge in [0.1, 0.15) is 0 Å². The third-order valence-electron chi connectivity index (χ3n) is 2.84. The second-order valence-corrected chi connectivity index (χ2v) is 7.27. The van der Waals surface area contributed by atoms with E-state index in [9.17, 15) is 8.42 Å². The molecule has 0 bridgehead atoms. The molecule has 1 aromatic rings. The van der Waals surface area contributed by atoms with Crippen molar-refractivity contribution in [3.63, 3.8) is 0 Å². The molecule has 0 aliphatic rings. The normalized spacial score (nSPS) is 13.3. The molecule has 1 aromatic carbocycles. The maximum Gasteiger partial charge on any atom is 0.156 e. The Hall–Kier alpha value is -0.620. The van der Waals surface area contributed by atoms with Gasteiger partial charge in [0.05, 0.1) is 18.1 Å². The average molecular weight is 320 g/mol. The van der Waals surface area contributed by atoms with Crippen LogP contribution in [0.5, 0.6) is 0 Å². The highest BCUT2D eigenvalue weighted by Crippen LogP contribution is 2.18. The Morgan fingerprint density at radius 2 is 2.05 bits per heavy atom. The van der Waals surface area contributed by atoms with Crippen LogP contribution in [0.4, 0.5) is 0 Å². The summed E-state index contributed by atoms with van der Waals surface area (Å²) in [5.41, 5.74) is 0.640. The maximum absolute atomic E-state index is 12.2. The number of nitrogens with one attached hydrogen (secondary N) is 1. The van der Waals surface area contributed by atoms with Gasteiger partial charge in [-0.05, 0) is 24.6 Å². The summed E-state index contributed by atoms with van der Waals surface area (Å²) in [7, 11) is -1.67. The molecule has 1 rings (SSSR count). The Kier molecular flexibility index (Phi) is 7.51. The first kappa shape index (κ1) is 17.4. The lowest BCUT2D eigenvalue weighted by atomic mass is 10.2. The molecule has 0 saturated heterocycles. The molecule has 20 heavy (non-hydrogen) atoms. The van der Waals surface area contributed by atoms with Gasteiger partial charge in [0.2, 0.25) is 0 Å². The molecule has 0 aliphatic heterocycles. The van der Waals surface area contributed by atoms with Gasteiger partial charge in [0, 0.05) is 18.2 Å². The van der Waals surface area contributed by atoms with E-state index in [0.717, 1.165) is 13.0 Å². The SMILES string of the molecule is CCCNC(COC)CS(=O)(=O)Cc1ccccc1Cl. The summed E-state index contributed by atoms with van der Waals surface area (Å²) in [6.45, 7) is 3.19. The zero-order valence-electron chi connectivity index (χ0n) is 11.9. The van der Waals surface area contributed by atoms with Crippen LogP contribution in [0.3, 0.4) is 0 Å². The molecule has 4 nitrogen and oxygen atoms in total. The van der Waals surface area contributed by atoms with Crippen molar-refractivity contribution in [2.45, 2.75) is 25.1 Å². The van der Waals surface area contributed by atoms with Crippen LogP contribution in [0.15, 0.2) is 24.3 Å². The summed E-state index contributed by atoms with van der Waals surface area (Å²) >= 11 is 6.01. The van der Waals surface area contributed by atoms with Crippen LogP contribution in [-0.2, 0) is 20.3 Å². The van der Waals surface area contributed by atoms with E-state index in [-0.39, 0.29) is 17.5 Å². The van der Waals surface area contributed by atoms with Crippen LogP contribution >= 0.6 is 11.6 Å². The standard InChI is InChI=1S/C14H22ClNO3S/c1-3-8-16-13(9-19-2)11-20(17,18)10-12-6-4-5-7-14(12)15/h4-7,13,16H,3,8-11H2,1-2H3. The molecule has 6 heteroatoms. The molecule has 1 atom stereocenters. The number of ether oxygens (including phenoxy) is 1. The molecular formula is C14H22ClNO3S. The summed E-state index contributed by atoms with van der Waals surface area (Å²) in [4.78, 5) is 0. The second-order valence-electron chi connectivity index (χ2n) is 4.75. The Balaban J connectivity index is 2.69. The van der Waals surface area contributed by atoms with Crippen LogP contribution < -0.4 is 5.32 Å². The predicted molar refractivity (Wildman–Crippen MR) is 82.9 cm³/mol. The van der Waals surface area contributed by atoms with Crippen molar-refractivity contribution in [2.24, 2.45) is 0 Å². The Labute approximate surface area is 126 Å². The number of rotatable bonds is 9. The largest absolute Gasteiger partial charge is 0.383 e. The smallest absolute Gasteiger partial charge is 0.156 e. The van der Waals surface area contributed by atoms with Gasteiger partial charge in [0.15, 0.2) is 9.84 Å². The van der Waals surface area contributed by atoms with E-state index in [1.165, 1.54) is 0 Å². The van der Waals surface area contributed by atoms with Crippen molar-refractivity contribution >= 4 is 21.4 Å². The maximum atomic E-state index is 12.2. The van der Waals surface area contributed by atoms with Gasteiger partial charge in [-0.15, -0.1) is 0 Å². The fourth-order valence-corrected chi connectivity index (χ4v) is 3.89. The molecule has 0 fully saturated rings. The lowest BCUT2D eigenvalue weighted by molar-refractivity contribution is 0.173. The van der Waals surface area contributed by atoms with Crippen molar-refractivity contribution in [1.82, 2.24) is 5.32 Å². The van der Waals surface area contributed by atoms with E-state index in [1.807, 2.05) is 6.92 Å². The van der Waals surface area contributed by atoms with Gasteiger partial charge in [0.25, 0.3) is 0 Å². The zero-order chi connectivity index (χ0) is 15.0. The Bertz CT molecular complexity index is 505. The Morgan fingerprint density at radius 3 is 2.65 bits per heavy atom. The Morgan fingerprint density at radius 1 is 1.35 bits per heavy atom. The quantitative estimate of drug-likeness (QED) is 0.758. The van der Waals surface area contributed by atoms with Gasteiger partial charge in [-0.25, -0.2) is 8.42 Å². The molecule has 0 saturated carbocycles. The lowest BCUT2D eigenvalue weighted by Gasteiger charge is -2.17. The summed E-state index contributed by atoms with van der Waals surface area (Å²) in [6, 6.07) is 6.83. The first-order chi connectivity index (χ1) is 9.48. The van der Waals surface area contributed by atoms with Crippen molar-refractivity contribution in [2.75, 3.05) is 26.0 Å². The molecule has 1 N–H and O–H groups in total. The minimum Gasteiger partial charge on any atom is -0.383 e. The van der Waals surface area contributed by atoms with E-state index in [4.69, 9.17) is 16.3 Å². The molecule has 0 aromatic heterocycles. The minimum atomic E-state index is -3.24. The zero-order valence-corrected chi connectivity index (χ0v) is 13.5. The molecule has 0 spiro atoms. The van der Waals surface area contributed by atoms with Crippen LogP contribution in [-0.4, -0.2) is 40.5 Å². The van der Waals surface area contributed by atoms with Gasteiger partial charge in [-0.3, -0.25) is 0 Å². The van der Waals surface area contributed by atoms with Crippen LogP contribution in [0, 0.1) is 0 Å². The molecule has 0 amide bonds. The minimum absolute atomic E-state index is 0.0410.